The number of likely N-dealkylation sites (N-methyl/N-ethyl adjacent to an activating group) is 1. The van der Waals surface area contributed by atoms with Crippen LogP contribution in [0.15, 0.2) is 16.7 Å². The van der Waals surface area contributed by atoms with Crippen LogP contribution in [0.25, 0.3) is 0 Å². The fourth-order valence-corrected chi connectivity index (χ4v) is 1.68. The van der Waals surface area contributed by atoms with Gasteiger partial charge in [-0.2, -0.15) is 0 Å². The van der Waals surface area contributed by atoms with E-state index in [2.05, 4.69) is 20.9 Å². The van der Waals surface area contributed by atoms with Crippen molar-refractivity contribution in [3.05, 3.63) is 22.4 Å². The molecule has 1 unspecified atom stereocenters. The zero-order valence-electron chi connectivity index (χ0n) is 9.24. The van der Waals surface area contributed by atoms with Gasteiger partial charge in [-0.1, -0.05) is 0 Å². The number of aromatic amines is 1. The first kappa shape index (κ1) is 13.2. The predicted molar refractivity (Wildman–Crippen MR) is 63.3 cm³/mol. The molecule has 1 amide bonds. The normalized spacial score (nSPS) is 12.5. The molecule has 0 saturated carbocycles. The van der Waals surface area contributed by atoms with Crippen LogP contribution in [0.4, 0.5) is 0 Å². The Hall–Kier alpha value is -0.850. The molecule has 1 rings (SSSR count). The first-order valence-corrected chi connectivity index (χ1v) is 5.60. The molecule has 6 heteroatoms. The molecule has 0 aliphatic carbocycles. The monoisotopic (exact) mass is 290 g/mol. The molecule has 0 radical (unpaired) electrons. The number of aromatic nitrogens is 1. The lowest BCUT2D eigenvalue weighted by Gasteiger charge is -2.19. The molecule has 0 aliphatic heterocycles. The molecule has 0 aliphatic rings. The maximum absolute atomic E-state index is 11.8. The highest BCUT2D eigenvalue weighted by Gasteiger charge is 2.16. The molecular weight excluding hydrogens is 276 g/mol. The zero-order valence-corrected chi connectivity index (χ0v) is 10.8. The molecule has 1 heterocycles. The van der Waals surface area contributed by atoms with Gasteiger partial charge in [0.1, 0.15) is 5.69 Å². The third kappa shape index (κ3) is 3.62. The van der Waals surface area contributed by atoms with Gasteiger partial charge >= 0.3 is 0 Å². The van der Waals surface area contributed by atoms with Crippen molar-refractivity contribution in [2.24, 2.45) is 0 Å². The van der Waals surface area contributed by atoms with E-state index in [4.69, 9.17) is 4.74 Å². The lowest BCUT2D eigenvalue weighted by Crippen LogP contribution is -2.36. The summed E-state index contributed by atoms with van der Waals surface area (Å²) >= 11 is 3.25. The van der Waals surface area contributed by atoms with Crippen LogP contribution in [0.5, 0.6) is 0 Å². The van der Waals surface area contributed by atoms with E-state index in [0.717, 1.165) is 4.47 Å². The van der Waals surface area contributed by atoms with Crippen molar-refractivity contribution in [2.45, 2.75) is 6.10 Å². The topological polar surface area (TPSA) is 65.6 Å². The molecule has 0 fully saturated rings. The van der Waals surface area contributed by atoms with Crippen molar-refractivity contribution in [3.8, 4) is 0 Å². The summed E-state index contributed by atoms with van der Waals surface area (Å²) in [5.74, 6) is -0.166. The minimum absolute atomic E-state index is 0.166. The third-order valence-corrected chi connectivity index (χ3v) is 2.53. The van der Waals surface area contributed by atoms with E-state index >= 15 is 0 Å². The number of rotatable bonds is 5. The van der Waals surface area contributed by atoms with Crippen LogP contribution in [0, 0.1) is 0 Å². The average Bonchev–Trinajstić information content (AvgIpc) is 2.64. The van der Waals surface area contributed by atoms with E-state index in [1.807, 2.05) is 0 Å². The second kappa shape index (κ2) is 6.03. The van der Waals surface area contributed by atoms with Gasteiger partial charge in [-0.25, -0.2) is 0 Å². The van der Waals surface area contributed by atoms with Crippen LogP contribution >= 0.6 is 15.9 Å². The summed E-state index contributed by atoms with van der Waals surface area (Å²) in [6.07, 6.45) is 1.02. The summed E-state index contributed by atoms with van der Waals surface area (Å²) in [5, 5.41) is 9.48. The number of amides is 1. The number of aliphatic hydroxyl groups excluding tert-OH is 1. The first-order chi connectivity index (χ1) is 7.54. The summed E-state index contributed by atoms with van der Waals surface area (Å²) in [7, 11) is 3.14. The fourth-order valence-electron chi connectivity index (χ4n) is 1.34. The number of halogens is 1. The Morgan fingerprint density at radius 3 is 2.94 bits per heavy atom. The van der Waals surface area contributed by atoms with Gasteiger partial charge in [0, 0.05) is 31.4 Å². The van der Waals surface area contributed by atoms with Crippen molar-refractivity contribution >= 4 is 21.8 Å². The highest BCUT2D eigenvalue weighted by atomic mass is 79.9. The summed E-state index contributed by atoms with van der Waals surface area (Å²) in [6, 6.07) is 1.70. The lowest BCUT2D eigenvalue weighted by atomic mass is 10.3. The largest absolute Gasteiger partial charge is 0.389 e. The highest BCUT2D eigenvalue weighted by Crippen LogP contribution is 2.12. The number of hydrogen-bond donors (Lipinski definition) is 2. The van der Waals surface area contributed by atoms with Gasteiger partial charge in [0.15, 0.2) is 0 Å². The Morgan fingerprint density at radius 1 is 1.75 bits per heavy atom. The zero-order chi connectivity index (χ0) is 12.1. The standard InChI is InChI=1S/C10H15BrN2O3/c1-13(5-8(14)6-16-2)10(15)9-3-7(11)4-12-9/h3-4,8,12,14H,5-6H2,1-2H3. The number of ether oxygens (including phenoxy) is 1. The maximum atomic E-state index is 11.8. The molecule has 0 spiro atoms. The Balaban J connectivity index is 2.54. The van der Waals surface area contributed by atoms with E-state index < -0.39 is 6.10 Å². The summed E-state index contributed by atoms with van der Waals surface area (Å²) in [4.78, 5) is 16.1. The van der Waals surface area contributed by atoms with E-state index in [-0.39, 0.29) is 19.1 Å². The molecule has 5 nitrogen and oxygen atoms in total. The molecule has 90 valence electrons. The van der Waals surface area contributed by atoms with Gasteiger partial charge in [-0.15, -0.1) is 0 Å². The second-order valence-corrected chi connectivity index (χ2v) is 4.44. The van der Waals surface area contributed by atoms with Crippen molar-refractivity contribution in [2.75, 3.05) is 27.3 Å². The van der Waals surface area contributed by atoms with Crippen LogP contribution < -0.4 is 0 Å². The number of methoxy groups -OCH3 is 1. The average molecular weight is 291 g/mol. The number of hydrogen-bond acceptors (Lipinski definition) is 3. The molecule has 1 aromatic heterocycles. The Morgan fingerprint density at radius 2 is 2.44 bits per heavy atom. The Labute approximate surface area is 103 Å². The summed E-state index contributed by atoms with van der Waals surface area (Å²) < 4.78 is 5.61. The fraction of sp³-hybridized carbons (Fsp3) is 0.500. The van der Waals surface area contributed by atoms with Crippen LogP contribution in [-0.2, 0) is 4.74 Å². The molecule has 0 aromatic carbocycles. The minimum Gasteiger partial charge on any atom is -0.389 e. The number of carbonyl (C=O) groups excluding carboxylic acids is 1. The summed E-state index contributed by atoms with van der Waals surface area (Å²) in [6.45, 7) is 0.454. The van der Waals surface area contributed by atoms with Crippen LogP contribution in [0.1, 0.15) is 10.5 Å². The minimum atomic E-state index is -0.669. The first-order valence-electron chi connectivity index (χ1n) is 4.81. The van der Waals surface area contributed by atoms with Crippen molar-refractivity contribution in [3.63, 3.8) is 0 Å². The molecule has 16 heavy (non-hydrogen) atoms. The van der Waals surface area contributed by atoms with Crippen molar-refractivity contribution < 1.29 is 14.6 Å². The summed E-state index contributed by atoms with van der Waals surface area (Å²) in [5.41, 5.74) is 0.485. The quantitative estimate of drug-likeness (QED) is 0.845. The number of aliphatic hydroxyl groups is 1. The van der Waals surface area contributed by atoms with Crippen LogP contribution in [-0.4, -0.2) is 54.3 Å². The molecule has 0 saturated heterocycles. The Kier molecular flexibility index (Phi) is 4.98. The van der Waals surface area contributed by atoms with Gasteiger partial charge in [0.05, 0.1) is 12.7 Å². The van der Waals surface area contributed by atoms with Gasteiger partial charge < -0.3 is 19.7 Å². The van der Waals surface area contributed by atoms with E-state index in [0.29, 0.717) is 5.69 Å². The molecule has 1 atom stereocenters. The molecule has 1 aromatic rings. The van der Waals surface area contributed by atoms with Gasteiger partial charge in [-0.05, 0) is 22.0 Å². The van der Waals surface area contributed by atoms with Gasteiger partial charge in [0.2, 0.25) is 0 Å². The third-order valence-electron chi connectivity index (χ3n) is 2.07. The van der Waals surface area contributed by atoms with E-state index in [1.165, 1.54) is 12.0 Å². The lowest BCUT2D eigenvalue weighted by molar-refractivity contribution is 0.0378. The molecular formula is C10H15BrN2O3. The van der Waals surface area contributed by atoms with E-state index in [1.54, 1.807) is 19.3 Å². The van der Waals surface area contributed by atoms with E-state index in [9.17, 15) is 9.90 Å². The number of nitrogens with one attached hydrogen (secondary N) is 1. The van der Waals surface area contributed by atoms with Gasteiger partial charge in [-0.3, -0.25) is 4.79 Å². The second-order valence-electron chi connectivity index (χ2n) is 3.53. The number of nitrogens with zero attached hydrogens (tertiary/aromatic N) is 1. The SMILES string of the molecule is COCC(O)CN(C)C(=O)c1cc(Br)c[nH]1. The predicted octanol–water partition coefficient (Wildman–Crippen LogP) is 0.856. The maximum Gasteiger partial charge on any atom is 0.270 e. The smallest absolute Gasteiger partial charge is 0.270 e. The number of carbonyl (C=O) groups is 1. The van der Waals surface area contributed by atoms with Crippen LogP contribution in [0.2, 0.25) is 0 Å². The van der Waals surface area contributed by atoms with Crippen LogP contribution in [0.3, 0.4) is 0 Å². The molecule has 0 bridgehead atoms. The van der Waals surface area contributed by atoms with Crippen molar-refractivity contribution in [1.82, 2.24) is 9.88 Å². The van der Waals surface area contributed by atoms with Gasteiger partial charge in [0.25, 0.3) is 5.91 Å². The molecule has 2 N–H and O–H groups in total. The Bertz CT molecular complexity index is 354. The number of H-pyrrole nitrogens is 1. The highest BCUT2D eigenvalue weighted by molar-refractivity contribution is 9.10. The van der Waals surface area contributed by atoms with Crippen molar-refractivity contribution in [1.29, 1.82) is 0 Å².